The molecule has 0 aliphatic rings. The highest BCUT2D eigenvalue weighted by Gasteiger charge is 2.29. The van der Waals surface area contributed by atoms with Crippen LogP contribution in [0.4, 0.5) is 0 Å². The Morgan fingerprint density at radius 2 is 1.47 bits per heavy atom. The van der Waals surface area contributed by atoms with Gasteiger partial charge in [-0.1, -0.05) is 30.3 Å². The first-order chi connectivity index (χ1) is 9.06. The van der Waals surface area contributed by atoms with Crippen LogP contribution in [0, 0.1) is 0 Å². The summed E-state index contributed by atoms with van der Waals surface area (Å²) in [6.45, 7) is -0.100. The van der Waals surface area contributed by atoms with Crippen LogP contribution in [-0.2, 0) is 6.54 Å². The number of hydrogen-bond donors (Lipinski definition) is 6. The van der Waals surface area contributed by atoms with Gasteiger partial charge in [0.2, 0.25) is 0 Å². The Morgan fingerprint density at radius 3 is 2.05 bits per heavy atom. The lowest BCUT2D eigenvalue weighted by molar-refractivity contribution is -0.114. The summed E-state index contributed by atoms with van der Waals surface area (Å²) in [6.07, 6.45) is -5.82. The molecule has 0 aliphatic heterocycles. The van der Waals surface area contributed by atoms with Gasteiger partial charge in [-0.25, -0.2) is 0 Å². The van der Waals surface area contributed by atoms with Crippen molar-refractivity contribution in [1.29, 1.82) is 0 Å². The molecule has 19 heavy (non-hydrogen) atoms. The van der Waals surface area contributed by atoms with Crippen LogP contribution in [0.15, 0.2) is 30.3 Å². The zero-order chi connectivity index (χ0) is 14.3. The van der Waals surface area contributed by atoms with Crippen LogP contribution in [-0.4, -0.2) is 63.1 Å². The van der Waals surface area contributed by atoms with Crippen molar-refractivity contribution in [3.8, 4) is 0 Å². The van der Waals surface area contributed by atoms with Gasteiger partial charge in [0, 0.05) is 13.1 Å². The minimum absolute atomic E-state index is 0.0608. The van der Waals surface area contributed by atoms with Gasteiger partial charge in [-0.2, -0.15) is 0 Å². The molecule has 108 valence electrons. The van der Waals surface area contributed by atoms with E-state index in [1.54, 1.807) is 0 Å². The van der Waals surface area contributed by atoms with Gasteiger partial charge in [-0.05, 0) is 5.56 Å². The monoisotopic (exact) mass is 271 g/mol. The van der Waals surface area contributed by atoms with Crippen molar-refractivity contribution in [2.24, 2.45) is 0 Å². The first kappa shape index (κ1) is 16.0. The van der Waals surface area contributed by atoms with Crippen molar-refractivity contribution in [2.75, 3.05) is 13.2 Å². The normalized spacial score (nSPS) is 17.7. The summed E-state index contributed by atoms with van der Waals surface area (Å²) in [5.41, 5.74) is 1.03. The van der Waals surface area contributed by atoms with E-state index in [2.05, 4.69) is 5.32 Å². The molecule has 1 rings (SSSR count). The molecule has 1 aromatic rings. The van der Waals surface area contributed by atoms with Gasteiger partial charge in [0.05, 0.1) is 12.7 Å². The van der Waals surface area contributed by atoms with Gasteiger partial charge in [0.15, 0.2) is 0 Å². The number of nitrogens with one attached hydrogen (secondary N) is 1. The van der Waals surface area contributed by atoms with E-state index in [1.165, 1.54) is 0 Å². The van der Waals surface area contributed by atoms with E-state index in [9.17, 15) is 15.3 Å². The minimum atomic E-state index is -1.58. The summed E-state index contributed by atoms with van der Waals surface area (Å²) in [6, 6.07) is 9.52. The lowest BCUT2D eigenvalue weighted by atomic mass is 10.0. The lowest BCUT2D eigenvalue weighted by Crippen LogP contribution is -2.48. The van der Waals surface area contributed by atoms with Crippen molar-refractivity contribution in [3.05, 3.63) is 35.9 Å². The maximum atomic E-state index is 9.65. The Hall–Kier alpha value is -1.02. The van der Waals surface area contributed by atoms with Crippen LogP contribution in [0.3, 0.4) is 0 Å². The Labute approximate surface area is 112 Å². The Bertz CT molecular complexity index is 348. The van der Waals surface area contributed by atoms with Crippen LogP contribution in [0.5, 0.6) is 0 Å². The van der Waals surface area contributed by atoms with Gasteiger partial charge in [-0.15, -0.1) is 0 Å². The van der Waals surface area contributed by atoms with Crippen molar-refractivity contribution in [3.63, 3.8) is 0 Å². The van der Waals surface area contributed by atoms with Crippen molar-refractivity contribution in [2.45, 2.75) is 31.0 Å². The number of hydrogen-bond acceptors (Lipinski definition) is 6. The quantitative estimate of drug-likeness (QED) is 0.333. The van der Waals surface area contributed by atoms with Gasteiger partial charge in [-0.3, -0.25) is 0 Å². The van der Waals surface area contributed by atoms with E-state index >= 15 is 0 Å². The van der Waals surface area contributed by atoms with Gasteiger partial charge < -0.3 is 30.8 Å². The molecule has 0 saturated heterocycles. The predicted molar refractivity (Wildman–Crippen MR) is 69.3 cm³/mol. The predicted octanol–water partition coefficient (Wildman–Crippen LogP) is -1.79. The molecule has 6 nitrogen and oxygen atoms in total. The molecular weight excluding hydrogens is 250 g/mol. The second-order valence-corrected chi connectivity index (χ2v) is 4.41. The van der Waals surface area contributed by atoms with E-state index in [0.717, 1.165) is 5.56 Å². The standard InChI is InChI=1S/C13H21NO5/c15-8-11(17)13(19)12(18)10(16)7-14-6-9-4-2-1-3-5-9/h1-5,10-19H,6-8H2. The van der Waals surface area contributed by atoms with Crippen LogP contribution < -0.4 is 5.32 Å². The van der Waals surface area contributed by atoms with Gasteiger partial charge in [0.1, 0.15) is 18.3 Å². The Morgan fingerprint density at radius 1 is 0.895 bits per heavy atom. The molecule has 0 spiro atoms. The highest BCUT2D eigenvalue weighted by Crippen LogP contribution is 2.05. The second kappa shape index (κ2) is 8.21. The summed E-state index contributed by atoms with van der Waals surface area (Å²) in [5.74, 6) is 0. The van der Waals surface area contributed by atoms with E-state index < -0.39 is 31.0 Å². The first-order valence-electron chi connectivity index (χ1n) is 6.14. The van der Waals surface area contributed by atoms with E-state index in [-0.39, 0.29) is 6.54 Å². The molecule has 0 heterocycles. The first-order valence-corrected chi connectivity index (χ1v) is 6.14. The average molecular weight is 271 g/mol. The molecule has 4 atom stereocenters. The molecule has 6 heteroatoms. The summed E-state index contributed by atoms with van der Waals surface area (Å²) in [5, 5.41) is 49.4. The number of aliphatic hydroxyl groups is 5. The van der Waals surface area contributed by atoms with Crippen LogP contribution in [0.25, 0.3) is 0 Å². The fourth-order valence-corrected chi connectivity index (χ4v) is 1.64. The minimum Gasteiger partial charge on any atom is -0.394 e. The summed E-state index contributed by atoms with van der Waals surface area (Å²) in [7, 11) is 0. The van der Waals surface area contributed by atoms with Crippen LogP contribution in [0.1, 0.15) is 5.56 Å². The molecule has 4 unspecified atom stereocenters. The third-order valence-electron chi connectivity index (χ3n) is 2.85. The summed E-state index contributed by atoms with van der Waals surface area (Å²) < 4.78 is 0. The van der Waals surface area contributed by atoms with Crippen molar-refractivity contribution in [1.82, 2.24) is 5.32 Å². The summed E-state index contributed by atoms with van der Waals surface area (Å²) in [4.78, 5) is 0. The highest BCUT2D eigenvalue weighted by molar-refractivity contribution is 5.14. The molecule has 0 bridgehead atoms. The van der Waals surface area contributed by atoms with Crippen molar-refractivity contribution < 1.29 is 25.5 Å². The summed E-state index contributed by atoms with van der Waals surface area (Å²) >= 11 is 0. The number of benzene rings is 1. The van der Waals surface area contributed by atoms with E-state index in [1.807, 2.05) is 30.3 Å². The molecule has 0 amide bonds. The fourth-order valence-electron chi connectivity index (χ4n) is 1.64. The molecule has 0 aliphatic carbocycles. The highest BCUT2D eigenvalue weighted by atomic mass is 16.4. The molecule has 0 saturated carbocycles. The molecule has 0 aromatic heterocycles. The lowest BCUT2D eigenvalue weighted by Gasteiger charge is -2.25. The molecule has 6 N–H and O–H groups in total. The Balaban J connectivity index is 2.32. The maximum absolute atomic E-state index is 9.65. The largest absolute Gasteiger partial charge is 0.394 e. The molecule has 0 fully saturated rings. The van der Waals surface area contributed by atoms with Gasteiger partial charge in [0.25, 0.3) is 0 Å². The molecule has 0 radical (unpaired) electrons. The number of aliphatic hydroxyl groups excluding tert-OH is 5. The van der Waals surface area contributed by atoms with E-state index in [0.29, 0.717) is 6.54 Å². The maximum Gasteiger partial charge on any atom is 0.111 e. The SMILES string of the molecule is OCC(O)C(O)C(O)C(O)CNCc1ccccc1. The third-order valence-corrected chi connectivity index (χ3v) is 2.85. The Kier molecular flexibility index (Phi) is 6.93. The van der Waals surface area contributed by atoms with E-state index in [4.69, 9.17) is 10.2 Å². The second-order valence-electron chi connectivity index (χ2n) is 4.41. The third kappa shape index (κ3) is 5.23. The van der Waals surface area contributed by atoms with Gasteiger partial charge >= 0.3 is 0 Å². The topological polar surface area (TPSA) is 113 Å². The van der Waals surface area contributed by atoms with Crippen molar-refractivity contribution >= 4 is 0 Å². The van der Waals surface area contributed by atoms with Crippen LogP contribution >= 0.6 is 0 Å². The molecule has 1 aromatic carbocycles. The average Bonchev–Trinajstić information content (AvgIpc) is 2.45. The zero-order valence-electron chi connectivity index (χ0n) is 10.6. The number of rotatable bonds is 8. The fraction of sp³-hybridized carbons (Fsp3) is 0.538. The molecular formula is C13H21NO5. The van der Waals surface area contributed by atoms with Crippen LogP contribution in [0.2, 0.25) is 0 Å². The zero-order valence-corrected chi connectivity index (χ0v) is 10.6. The smallest absolute Gasteiger partial charge is 0.111 e.